The van der Waals surface area contributed by atoms with Crippen LogP contribution < -0.4 is 20.7 Å². The Hall–Kier alpha value is -3.84. The molecule has 0 aliphatic heterocycles. The van der Waals surface area contributed by atoms with Gasteiger partial charge in [-0.2, -0.15) is 0 Å². The average molecular weight is 505 g/mol. The molecule has 3 aromatic carbocycles. The van der Waals surface area contributed by atoms with E-state index in [1.165, 1.54) is 6.07 Å². The van der Waals surface area contributed by atoms with Crippen LogP contribution in [-0.4, -0.2) is 7.11 Å². The molecule has 5 aromatic rings. The van der Waals surface area contributed by atoms with Crippen molar-refractivity contribution in [1.29, 1.82) is 0 Å². The summed E-state index contributed by atoms with van der Waals surface area (Å²) in [5.74, 6) is 1.30. The Morgan fingerprint density at radius 2 is 1.58 bits per heavy atom. The standard InChI is InChI=1S/C26H17BrO6/c1-30-18-5-2-15(3-6-18)14-31-19-7-8-20-21(13-25(28)32-24(20)12-19)22-11-16-10-17(27)4-9-23(16)33-26(22)29/h2-13H,14H2,1H3. The number of hydrogen-bond donors (Lipinski definition) is 0. The van der Waals surface area contributed by atoms with Gasteiger partial charge in [0.2, 0.25) is 0 Å². The molecule has 7 heteroatoms. The lowest BCUT2D eigenvalue weighted by Gasteiger charge is -2.10. The Morgan fingerprint density at radius 3 is 2.36 bits per heavy atom. The molecule has 0 amide bonds. The van der Waals surface area contributed by atoms with Crippen LogP contribution >= 0.6 is 15.9 Å². The number of benzene rings is 3. The topological polar surface area (TPSA) is 78.9 Å². The highest BCUT2D eigenvalue weighted by molar-refractivity contribution is 9.10. The maximum Gasteiger partial charge on any atom is 0.344 e. The lowest BCUT2D eigenvalue weighted by atomic mass is 10.0. The summed E-state index contributed by atoms with van der Waals surface area (Å²) in [6.07, 6.45) is 0. The zero-order valence-corrected chi connectivity index (χ0v) is 19.0. The van der Waals surface area contributed by atoms with E-state index in [0.717, 1.165) is 21.2 Å². The van der Waals surface area contributed by atoms with Gasteiger partial charge < -0.3 is 18.3 Å². The van der Waals surface area contributed by atoms with Crippen molar-refractivity contribution in [3.05, 3.63) is 104 Å². The SMILES string of the molecule is COc1ccc(COc2ccc3c(-c4cc5cc(Br)ccc5oc4=O)cc(=O)oc3c2)cc1. The summed E-state index contributed by atoms with van der Waals surface area (Å²) >= 11 is 3.42. The van der Waals surface area contributed by atoms with Gasteiger partial charge in [0.05, 0.1) is 12.7 Å². The first kappa shape index (κ1) is 21.0. The average Bonchev–Trinajstić information content (AvgIpc) is 2.82. The van der Waals surface area contributed by atoms with Crippen LogP contribution in [0.15, 0.2) is 95.7 Å². The predicted octanol–water partition coefficient (Wildman–Crippen LogP) is 5.92. The van der Waals surface area contributed by atoms with E-state index in [1.54, 1.807) is 43.5 Å². The quantitative estimate of drug-likeness (QED) is 0.276. The van der Waals surface area contributed by atoms with Crippen LogP contribution in [0.2, 0.25) is 0 Å². The zero-order chi connectivity index (χ0) is 22.9. The van der Waals surface area contributed by atoms with Gasteiger partial charge in [-0.1, -0.05) is 28.1 Å². The van der Waals surface area contributed by atoms with Crippen molar-refractivity contribution in [2.24, 2.45) is 0 Å². The minimum atomic E-state index is -0.571. The molecule has 2 heterocycles. The molecule has 5 rings (SSSR count). The van der Waals surface area contributed by atoms with Crippen LogP contribution in [0, 0.1) is 0 Å². The molecule has 0 spiro atoms. The minimum absolute atomic E-state index is 0.283. The first-order valence-corrected chi connectivity index (χ1v) is 10.9. The first-order valence-electron chi connectivity index (χ1n) is 10.1. The van der Waals surface area contributed by atoms with E-state index in [2.05, 4.69) is 15.9 Å². The van der Waals surface area contributed by atoms with Crippen molar-refractivity contribution in [3.63, 3.8) is 0 Å². The fraction of sp³-hybridized carbons (Fsp3) is 0.0769. The number of ether oxygens (including phenoxy) is 2. The molecule has 0 atom stereocenters. The Labute approximate surface area is 196 Å². The van der Waals surface area contributed by atoms with E-state index >= 15 is 0 Å². The third-order valence-corrected chi connectivity index (χ3v) is 5.76. The maximum absolute atomic E-state index is 12.7. The fourth-order valence-electron chi connectivity index (χ4n) is 3.63. The largest absolute Gasteiger partial charge is 0.497 e. The summed E-state index contributed by atoms with van der Waals surface area (Å²) in [5.41, 5.74) is 1.37. The Balaban J connectivity index is 1.53. The molecule has 0 bridgehead atoms. The molecule has 0 radical (unpaired) electrons. The maximum atomic E-state index is 12.7. The summed E-state index contributed by atoms with van der Waals surface area (Å²) in [5, 5.41) is 1.34. The lowest BCUT2D eigenvalue weighted by molar-refractivity contribution is 0.306. The summed E-state index contributed by atoms with van der Waals surface area (Å²) < 4.78 is 22.8. The predicted molar refractivity (Wildman–Crippen MR) is 129 cm³/mol. The zero-order valence-electron chi connectivity index (χ0n) is 17.5. The highest BCUT2D eigenvalue weighted by Crippen LogP contribution is 2.30. The second kappa shape index (κ2) is 8.60. The molecule has 0 saturated carbocycles. The normalized spacial score (nSPS) is 11.1. The summed E-state index contributed by atoms with van der Waals surface area (Å²) in [4.78, 5) is 25.0. The third-order valence-electron chi connectivity index (χ3n) is 5.26. The van der Waals surface area contributed by atoms with Gasteiger partial charge in [0.25, 0.3) is 0 Å². The van der Waals surface area contributed by atoms with Crippen molar-refractivity contribution < 1.29 is 18.3 Å². The van der Waals surface area contributed by atoms with Crippen molar-refractivity contribution in [3.8, 4) is 22.6 Å². The molecular weight excluding hydrogens is 488 g/mol. The molecule has 6 nitrogen and oxygen atoms in total. The molecule has 2 aromatic heterocycles. The van der Waals surface area contributed by atoms with Crippen LogP contribution in [0.1, 0.15) is 5.56 Å². The Kier molecular flexibility index (Phi) is 5.48. The smallest absolute Gasteiger partial charge is 0.344 e. The van der Waals surface area contributed by atoms with Gasteiger partial charge in [0, 0.05) is 32.9 Å². The highest BCUT2D eigenvalue weighted by Gasteiger charge is 2.14. The second-order valence-electron chi connectivity index (χ2n) is 7.40. The van der Waals surface area contributed by atoms with Crippen LogP contribution in [0.25, 0.3) is 33.1 Å². The number of halogens is 1. The van der Waals surface area contributed by atoms with Gasteiger partial charge in [-0.15, -0.1) is 0 Å². The number of hydrogen-bond acceptors (Lipinski definition) is 6. The van der Waals surface area contributed by atoms with E-state index < -0.39 is 11.3 Å². The van der Waals surface area contributed by atoms with Crippen LogP contribution in [-0.2, 0) is 6.61 Å². The number of rotatable bonds is 5. The third kappa shape index (κ3) is 4.27. The lowest BCUT2D eigenvalue weighted by Crippen LogP contribution is -2.06. The van der Waals surface area contributed by atoms with Gasteiger partial charge in [0.1, 0.15) is 29.3 Å². The van der Waals surface area contributed by atoms with E-state index in [1.807, 2.05) is 30.3 Å². The Morgan fingerprint density at radius 1 is 0.788 bits per heavy atom. The van der Waals surface area contributed by atoms with Gasteiger partial charge >= 0.3 is 11.3 Å². The molecule has 0 saturated heterocycles. The van der Waals surface area contributed by atoms with Crippen molar-refractivity contribution in [1.82, 2.24) is 0 Å². The molecule has 33 heavy (non-hydrogen) atoms. The van der Waals surface area contributed by atoms with Crippen LogP contribution in [0.5, 0.6) is 11.5 Å². The molecule has 0 N–H and O–H groups in total. The summed E-state index contributed by atoms with van der Waals surface area (Å²) in [7, 11) is 1.61. The summed E-state index contributed by atoms with van der Waals surface area (Å²) in [6, 6.07) is 21.1. The van der Waals surface area contributed by atoms with E-state index in [-0.39, 0.29) is 5.56 Å². The second-order valence-corrected chi connectivity index (χ2v) is 8.32. The Bertz CT molecular complexity index is 1600. The minimum Gasteiger partial charge on any atom is -0.497 e. The van der Waals surface area contributed by atoms with Gasteiger partial charge in [-0.05, 0) is 54.1 Å². The van der Waals surface area contributed by atoms with Gasteiger partial charge in [-0.3, -0.25) is 0 Å². The number of fused-ring (bicyclic) bond motifs is 2. The van der Waals surface area contributed by atoms with Crippen molar-refractivity contribution >= 4 is 37.9 Å². The van der Waals surface area contributed by atoms with Crippen molar-refractivity contribution in [2.45, 2.75) is 6.61 Å². The molecule has 0 fully saturated rings. The van der Waals surface area contributed by atoms with Gasteiger partial charge in [-0.25, -0.2) is 9.59 Å². The molecule has 0 aliphatic carbocycles. The fourth-order valence-corrected chi connectivity index (χ4v) is 4.00. The molecule has 164 valence electrons. The summed E-state index contributed by atoms with van der Waals surface area (Å²) in [6.45, 7) is 0.336. The number of methoxy groups -OCH3 is 1. The van der Waals surface area contributed by atoms with Crippen molar-refractivity contribution in [2.75, 3.05) is 7.11 Å². The van der Waals surface area contributed by atoms with E-state index in [9.17, 15) is 9.59 Å². The van der Waals surface area contributed by atoms with Crippen LogP contribution in [0.4, 0.5) is 0 Å². The monoisotopic (exact) mass is 504 g/mol. The molecule has 0 unspecified atom stereocenters. The molecule has 0 aliphatic rings. The highest BCUT2D eigenvalue weighted by atomic mass is 79.9. The molecular formula is C26H17BrO6. The van der Waals surface area contributed by atoms with Gasteiger partial charge in [0.15, 0.2) is 0 Å². The van der Waals surface area contributed by atoms with E-state index in [4.69, 9.17) is 18.3 Å². The van der Waals surface area contributed by atoms with Crippen LogP contribution in [0.3, 0.4) is 0 Å². The first-order chi connectivity index (χ1) is 16.0. The van der Waals surface area contributed by atoms with E-state index in [0.29, 0.717) is 34.5 Å².